The Morgan fingerprint density at radius 1 is 1.22 bits per heavy atom. The molecule has 0 atom stereocenters. The van der Waals surface area contributed by atoms with Crippen molar-refractivity contribution in [2.24, 2.45) is 0 Å². The van der Waals surface area contributed by atoms with Gasteiger partial charge in [-0.2, -0.15) is 0 Å². The molecule has 23 heavy (non-hydrogen) atoms. The number of urea groups is 1. The number of aliphatic carboxylic acids is 1. The number of carbonyl (C=O) groups excluding carboxylic acids is 2. The maximum Gasteiger partial charge on any atom is 0.343 e. The summed E-state index contributed by atoms with van der Waals surface area (Å²) in [4.78, 5) is 32.9. The van der Waals surface area contributed by atoms with Crippen LogP contribution < -0.4 is 15.4 Å². The van der Waals surface area contributed by atoms with Crippen LogP contribution in [-0.2, 0) is 20.9 Å². The zero-order chi connectivity index (χ0) is 17.1. The second kappa shape index (κ2) is 10.0. The van der Waals surface area contributed by atoms with E-state index in [1.165, 1.54) is 7.11 Å². The topological polar surface area (TPSA) is 114 Å². The van der Waals surface area contributed by atoms with Gasteiger partial charge >= 0.3 is 18.0 Å². The number of methoxy groups -OCH3 is 1. The van der Waals surface area contributed by atoms with Crippen molar-refractivity contribution in [2.45, 2.75) is 19.4 Å². The van der Waals surface area contributed by atoms with Crippen LogP contribution in [0.2, 0.25) is 0 Å². The molecule has 0 aliphatic carbocycles. The third kappa shape index (κ3) is 8.30. The summed E-state index contributed by atoms with van der Waals surface area (Å²) in [5.41, 5.74) is 0.799. The fraction of sp³-hybridized carbons (Fsp3) is 0.400. The van der Waals surface area contributed by atoms with Crippen LogP contribution in [0.25, 0.3) is 0 Å². The van der Waals surface area contributed by atoms with Gasteiger partial charge in [0.1, 0.15) is 5.75 Å². The van der Waals surface area contributed by atoms with Gasteiger partial charge in [0.2, 0.25) is 0 Å². The first kappa shape index (κ1) is 18.3. The number of carboxylic acid groups (broad SMARTS) is 1. The van der Waals surface area contributed by atoms with E-state index in [2.05, 4.69) is 15.4 Å². The number of esters is 1. The van der Waals surface area contributed by atoms with Crippen molar-refractivity contribution in [1.29, 1.82) is 0 Å². The number of ether oxygens (including phenoxy) is 2. The SMILES string of the molecule is COC(=O)COc1cccc(CNC(=O)NCCCC(=O)O)c1. The zero-order valence-corrected chi connectivity index (χ0v) is 12.8. The van der Waals surface area contributed by atoms with Gasteiger partial charge in [0.25, 0.3) is 0 Å². The summed E-state index contributed by atoms with van der Waals surface area (Å²) in [5.74, 6) is -0.873. The van der Waals surface area contributed by atoms with Crippen LogP contribution in [0, 0.1) is 0 Å². The zero-order valence-electron chi connectivity index (χ0n) is 12.8. The molecule has 3 N–H and O–H groups in total. The predicted molar refractivity (Wildman–Crippen MR) is 81.1 cm³/mol. The highest BCUT2D eigenvalue weighted by Crippen LogP contribution is 2.13. The molecule has 1 aromatic rings. The fourth-order valence-corrected chi connectivity index (χ4v) is 1.63. The quantitative estimate of drug-likeness (QED) is 0.459. The fourth-order valence-electron chi connectivity index (χ4n) is 1.63. The number of amides is 2. The summed E-state index contributed by atoms with van der Waals surface area (Å²) in [5, 5.41) is 13.7. The highest BCUT2D eigenvalue weighted by Gasteiger charge is 2.04. The number of carboxylic acids is 1. The van der Waals surface area contributed by atoms with Gasteiger partial charge in [-0.15, -0.1) is 0 Å². The molecule has 0 heterocycles. The molecule has 0 spiro atoms. The summed E-state index contributed by atoms with van der Waals surface area (Å²) in [7, 11) is 1.28. The van der Waals surface area contributed by atoms with Gasteiger partial charge in [-0.05, 0) is 24.1 Å². The van der Waals surface area contributed by atoms with Crippen LogP contribution in [0.3, 0.4) is 0 Å². The smallest absolute Gasteiger partial charge is 0.343 e. The van der Waals surface area contributed by atoms with E-state index >= 15 is 0 Å². The second-order valence-electron chi connectivity index (χ2n) is 4.62. The summed E-state index contributed by atoms with van der Waals surface area (Å²) in [6.07, 6.45) is 0.388. The molecule has 0 saturated heterocycles. The molecule has 0 bridgehead atoms. The van der Waals surface area contributed by atoms with Gasteiger partial charge in [-0.3, -0.25) is 4.79 Å². The predicted octanol–water partition coefficient (Wildman–Crippen LogP) is 0.902. The normalized spacial score (nSPS) is 9.78. The summed E-state index contributed by atoms with van der Waals surface area (Å²) < 4.78 is 9.73. The third-order valence-electron chi connectivity index (χ3n) is 2.79. The monoisotopic (exact) mass is 324 g/mol. The van der Waals surface area contributed by atoms with Gasteiger partial charge in [-0.1, -0.05) is 12.1 Å². The Morgan fingerprint density at radius 3 is 2.70 bits per heavy atom. The molecule has 0 aliphatic heterocycles. The maximum absolute atomic E-state index is 11.5. The van der Waals surface area contributed by atoms with Gasteiger partial charge in [0, 0.05) is 19.5 Å². The summed E-state index contributed by atoms with van der Waals surface area (Å²) >= 11 is 0. The number of nitrogens with one attached hydrogen (secondary N) is 2. The lowest BCUT2D eigenvalue weighted by atomic mass is 10.2. The first-order valence-corrected chi connectivity index (χ1v) is 7.03. The lowest BCUT2D eigenvalue weighted by Gasteiger charge is -2.09. The van der Waals surface area contributed by atoms with Crippen molar-refractivity contribution in [3.05, 3.63) is 29.8 Å². The van der Waals surface area contributed by atoms with Crippen LogP contribution >= 0.6 is 0 Å². The largest absolute Gasteiger partial charge is 0.482 e. The lowest BCUT2D eigenvalue weighted by molar-refractivity contribution is -0.143. The number of hydrogen-bond donors (Lipinski definition) is 3. The van der Waals surface area contributed by atoms with Crippen molar-refractivity contribution < 1.29 is 29.0 Å². The Labute approximate surface area is 133 Å². The third-order valence-corrected chi connectivity index (χ3v) is 2.79. The van der Waals surface area contributed by atoms with E-state index < -0.39 is 11.9 Å². The van der Waals surface area contributed by atoms with Gasteiger partial charge in [0.05, 0.1) is 7.11 Å². The molecule has 2 amide bonds. The highest BCUT2D eigenvalue weighted by molar-refractivity contribution is 5.74. The van der Waals surface area contributed by atoms with Crippen LogP contribution in [0.15, 0.2) is 24.3 Å². The molecule has 8 heteroatoms. The minimum absolute atomic E-state index is 0.0137. The molecule has 0 unspecified atom stereocenters. The average molecular weight is 324 g/mol. The lowest BCUT2D eigenvalue weighted by Crippen LogP contribution is -2.35. The van der Waals surface area contributed by atoms with Gasteiger partial charge < -0.3 is 25.2 Å². The van der Waals surface area contributed by atoms with Crippen molar-refractivity contribution in [3.8, 4) is 5.75 Å². The van der Waals surface area contributed by atoms with E-state index in [1.54, 1.807) is 24.3 Å². The molecule has 0 aliphatic rings. The minimum Gasteiger partial charge on any atom is -0.482 e. The Bertz CT molecular complexity index is 547. The first-order valence-electron chi connectivity index (χ1n) is 7.03. The van der Waals surface area contributed by atoms with Crippen LogP contribution in [0.1, 0.15) is 18.4 Å². The van der Waals surface area contributed by atoms with Crippen molar-refractivity contribution in [1.82, 2.24) is 10.6 Å². The Balaban J connectivity index is 2.32. The second-order valence-corrected chi connectivity index (χ2v) is 4.62. The highest BCUT2D eigenvalue weighted by atomic mass is 16.6. The number of benzene rings is 1. The van der Waals surface area contributed by atoms with Crippen LogP contribution in [0.5, 0.6) is 5.75 Å². The van der Waals surface area contributed by atoms with E-state index in [-0.39, 0.29) is 25.6 Å². The van der Waals surface area contributed by atoms with E-state index in [1.807, 2.05) is 0 Å². The maximum atomic E-state index is 11.5. The average Bonchev–Trinajstić information content (AvgIpc) is 2.55. The molecular weight excluding hydrogens is 304 g/mol. The summed E-state index contributed by atoms with van der Waals surface area (Å²) in [6.45, 7) is 0.387. The molecule has 1 rings (SSSR count). The molecule has 8 nitrogen and oxygen atoms in total. The Hall–Kier alpha value is -2.77. The number of hydrogen-bond acceptors (Lipinski definition) is 5. The molecule has 126 valence electrons. The van der Waals surface area contributed by atoms with Crippen LogP contribution in [-0.4, -0.2) is 43.3 Å². The number of carbonyl (C=O) groups is 3. The Kier molecular flexibility index (Phi) is 7.98. The first-order chi connectivity index (χ1) is 11.0. The molecular formula is C15H20N2O6. The van der Waals surface area contributed by atoms with E-state index in [9.17, 15) is 14.4 Å². The van der Waals surface area contributed by atoms with E-state index in [4.69, 9.17) is 9.84 Å². The van der Waals surface area contributed by atoms with Crippen LogP contribution in [0.4, 0.5) is 4.79 Å². The van der Waals surface area contributed by atoms with E-state index in [0.717, 1.165) is 5.56 Å². The minimum atomic E-state index is -0.893. The Morgan fingerprint density at radius 2 is 2.00 bits per heavy atom. The van der Waals surface area contributed by atoms with Crippen molar-refractivity contribution >= 4 is 18.0 Å². The van der Waals surface area contributed by atoms with E-state index in [0.29, 0.717) is 18.7 Å². The molecule has 1 aromatic carbocycles. The van der Waals surface area contributed by atoms with Crippen molar-refractivity contribution in [3.63, 3.8) is 0 Å². The molecule has 0 radical (unpaired) electrons. The summed E-state index contributed by atoms with van der Waals surface area (Å²) in [6, 6.07) is 6.56. The number of rotatable bonds is 9. The van der Waals surface area contributed by atoms with Crippen molar-refractivity contribution in [2.75, 3.05) is 20.3 Å². The standard InChI is InChI=1S/C15H20N2O6/c1-22-14(20)10-23-12-5-2-4-11(8-12)9-17-15(21)16-7-3-6-13(18)19/h2,4-5,8H,3,6-7,9-10H2,1H3,(H,18,19)(H2,16,17,21). The molecule has 0 saturated carbocycles. The molecule has 0 fully saturated rings. The van der Waals surface area contributed by atoms with Gasteiger partial charge in [-0.25, -0.2) is 9.59 Å². The van der Waals surface area contributed by atoms with Gasteiger partial charge in [0.15, 0.2) is 6.61 Å². The molecule has 0 aromatic heterocycles.